The second-order valence-electron chi connectivity index (χ2n) is 5.04. The zero-order chi connectivity index (χ0) is 14.1. The van der Waals surface area contributed by atoms with E-state index in [1.54, 1.807) is 0 Å². The lowest BCUT2D eigenvalue weighted by atomic mass is 10.3. The Morgan fingerprint density at radius 1 is 1.32 bits per heavy atom. The van der Waals surface area contributed by atoms with E-state index in [1.165, 1.54) is 16.1 Å². The molecule has 2 aliphatic rings. The maximum Gasteiger partial charge on any atom is 0.216 e. The Hall–Kier alpha value is 0.170. The SMILES string of the molecule is CS(=O)(=O)C1CSCCN1S(=O)(=O)CC1CCCN1. The standard InChI is InChI=1S/C10H20N2O4S3/c1-18(13,14)10-7-17-6-5-12(10)19(15,16)8-9-3-2-4-11-9/h9-11H,2-8H2,1H3. The van der Waals surface area contributed by atoms with Gasteiger partial charge in [0.05, 0.1) is 5.75 Å². The fraction of sp³-hybridized carbons (Fsp3) is 1.00. The summed E-state index contributed by atoms with van der Waals surface area (Å²) in [5, 5.41) is 2.24. The molecule has 2 unspecified atom stereocenters. The van der Waals surface area contributed by atoms with Gasteiger partial charge in [0.1, 0.15) is 5.37 Å². The predicted molar refractivity (Wildman–Crippen MR) is 77.5 cm³/mol. The summed E-state index contributed by atoms with van der Waals surface area (Å²) in [4.78, 5) is 0. The van der Waals surface area contributed by atoms with E-state index in [2.05, 4.69) is 5.32 Å². The van der Waals surface area contributed by atoms with Crippen molar-refractivity contribution in [3.8, 4) is 0 Å². The zero-order valence-corrected chi connectivity index (χ0v) is 13.4. The fourth-order valence-corrected chi connectivity index (χ4v) is 8.01. The van der Waals surface area contributed by atoms with Crippen LogP contribution in [0.2, 0.25) is 0 Å². The van der Waals surface area contributed by atoms with Crippen molar-refractivity contribution in [2.45, 2.75) is 24.3 Å². The molecule has 0 bridgehead atoms. The quantitative estimate of drug-likeness (QED) is 0.748. The molecule has 2 atom stereocenters. The van der Waals surface area contributed by atoms with Gasteiger partial charge in [0.15, 0.2) is 9.84 Å². The first-order chi connectivity index (χ1) is 8.81. The summed E-state index contributed by atoms with van der Waals surface area (Å²) in [6, 6.07) is -0.0419. The molecule has 0 aromatic carbocycles. The van der Waals surface area contributed by atoms with E-state index in [1.807, 2.05) is 0 Å². The van der Waals surface area contributed by atoms with E-state index >= 15 is 0 Å². The number of sulfone groups is 1. The van der Waals surface area contributed by atoms with Crippen LogP contribution in [0.15, 0.2) is 0 Å². The summed E-state index contributed by atoms with van der Waals surface area (Å²) in [5.74, 6) is 0.989. The molecule has 112 valence electrons. The Kier molecular flexibility index (Phi) is 4.82. The van der Waals surface area contributed by atoms with Gasteiger partial charge in [0.2, 0.25) is 10.0 Å². The van der Waals surface area contributed by atoms with Crippen molar-refractivity contribution in [3.05, 3.63) is 0 Å². The lowest BCUT2D eigenvalue weighted by Crippen LogP contribution is -2.52. The Morgan fingerprint density at radius 2 is 2.05 bits per heavy atom. The number of sulfonamides is 1. The summed E-state index contributed by atoms with van der Waals surface area (Å²) in [6.45, 7) is 1.13. The molecule has 2 aliphatic heterocycles. The Balaban J connectivity index is 2.16. The molecule has 2 fully saturated rings. The van der Waals surface area contributed by atoms with Crippen molar-refractivity contribution in [3.63, 3.8) is 0 Å². The van der Waals surface area contributed by atoms with Crippen molar-refractivity contribution >= 4 is 31.6 Å². The van der Waals surface area contributed by atoms with Crippen LogP contribution in [0, 0.1) is 0 Å². The van der Waals surface area contributed by atoms with Gasteiger partial charge in [-0.3, -0.25) is 0 Å². The molecule has 2 rings (SSSR count). The van der Waals surface area contributed by atoms with Gasteiger partial charge in [0, 0.05) is 30.3 Å². The van der Waals surface area contributed by atoms with Gasteiger partial charge in [-0.1, -0.05) is 0 Å². The number of rotatable bonds is 4. The highest BCUT2D eigenvalue weighted by atomic mass is 32.2. The predicted octanol–water partition coefficient (Wildman–Crippen LogP) is -0.512. The van der Waals surface area contributed by atoms with E-state index in [0.717, 1.165) is 25.6 Å². The molecular formula is C10H20N2O4S3. The van der Waals surface area contributed by atoms with Crippen molar-refractivity contribution in [2.24, 2.45) is 0 Å². The lowest BCUT2D eigenvalue weighted by molar-refractivity contribution is 0.401. The van der Waals surface area contributed by atoms with Crippen LogP contribution < -0.4 is 5.32 Å². The van der Waals surface area contributed by atoms with Crippen LogP contribution in [-0.4, -0.2) is 69.2 Å². The third-order valence-electron chi connectivity index (χ3n) is 3.46. The highest BCUT2D eigenvalue weighted by Crippen LogP contribution is 2.24. The average molecular weight is 328 g/mol. The molecule has 6 nitrogen and oxygen atoms in total. The van der Waals surface area contributed by atoms with Crippen molar-refractivity contribution in [1.82, 2.24) is 9.62 Å². The van der Waals surface area contributed by atoms with E-state index in [0.29, 0.717) is 11.5 Å². The topological polar surface area (TPSA) is 83.6 Å². The van der Waals surface area contributed by atoms with Crippen LogP contribution >= 0.6 is 11.8 Å². The molecule has 0 aliphatic carbocycles. The third-order valence-corrected chi connectivity index (χ3v) is 8.22. The summed E-state index contributed by atoms with van der Waals surface area (Å²) >= 11 is 1.49. The molecule has 1 N–H and O–H groups in total. The Bertz CT molecular complexity index is 511. The molecular weight excluding hydrogens is 308 g/mol. The number of thioether (sulfide) groups is 1. The van der Waals surface area contributed by atoms with Crippen molar-refractivity contribution < 1.29 is 16.8 Å². The molecule has 0 radical (unpaired) electrons. The first-order valence-electron chi connectivity index (χ1n) is 6.30. The van der Waals surface area contributed by atoms with Crippen LogP contribution in [0.3, 0.4) is 0 Å². The fourth-order valence-electron chi connectivity index (χ4n) is 2.47. The molecule has 2 saturated heterocycles. The van der Waals surface area contributed by atoms with Gasteiger partial charge in [-0.25, -0.2) is 16.8 Å². The summed E-state index contributed by atoms with van der Waals surface area (Å²) in [6.07, 6.45) is 2.93. The van der Waals surface area contributed by atoms with Crippen LogP contribution in [0.25, 0.3) is 0 Å². The number of nitrogens with one attached hydrogen (secondary N) is 1. The smallest absolute Gasteiger partial charge is 0.216 e. The van der Waals surface area contributed by atoms with E-state index < -0.39 is 25.2 Å². The minimum atomic E-state index is -3.52. The van der Waals surface area contributed by atoms with Gasteiger partial charge in [0.25, 0.3) is 0 Å². The highest BCUT2D eigenvalue weighted by Gasteiger charge is 2.39. The van der Waals surface area contributed by atoms with Gasteiger partial charge in [-0.05, 0) is 19.4 Å². The van der Waals surface area contributed by atoms with Crippen molar-refractivity contribution in [1.29, 1.82) is 0 Å². The molecule has 9 heteroatoms. The first kappa shape index (κ1) is 15.6. The summed E-state index contributed by atoms with van der Waals surface area (Å²) in [7, 11) is -6.91. The molecule has 0 aromatic rings. The normalized spacial score (nSPS) is 30.6. The van der Waals surface area contributed by atoms with E-state index in [9.17, 15) is 16.8 Å². The van der Waals surface area contributed by atoms with Crippen LogP contribution in [-0.2, 0) is 19.9 Å². The van der Waals surface area contributed by atoms with Crippen LogP contribution in [0.1, 0.15) is 12.8 Å². The minimum absolute atomic E-state index is 0.00366. The molecule has 19 heavy (non-hydrogen) atoms. The molecule has 0 amide bonds. The maximum absolute atomic E-state index is 12.4. The van der Waals surface area contributed by atoms with Gasteiger partial charge >= 0.3 is 0 Å². The van der Waals surface area contributed by atoms with Crippen molar-refractivity contribution in [2.75, 3.05) is 36.6 Å². The van der Waals surface area contributed by atoms with E-state index in [4.69, 9.17) is 0 Å². The van der Waals surface area contributed by atoms with Gasteiger partial charge in [-0.15, -0.1) is 0 Å². The van der Waals surface area contributed by atoms with E-state index in [-0.39, 0.29) is 18.3 Å². The monoisotopic (exact) mass is 328 g/mol. The second-order valence-corrected chi connectivity index (χ2v) is 10.4. The first-order valence-corrected chi connectivity index (χ1v) is 11.0. The highest BCUT2D eigenvalue weighted by molar-refractivity contribution is 8.01. The minimum Gasteiger partial charge on any atom is -0.313 e. The maximum atomic E-state index is 12.4. The van der Waals surface area contributed by atoms with Gasteiger partial charge < -0.3 is 5.32 Å². The number of hydrogen-bond donors (Lipinski definition) is 1. The third kappa shape index (κ3) is 3.84. The Morgan fingerprint density at radius 3 is 2.63 bits per heavy atom. The average Bonchev–Trinajstić information content (AvgIpc) is 2.80. The molecule has 2 heterocycles. The molecule has 0 saturated carbocycles. The Labute approximate surface area is 119 Å². The molecule has 0 spiro atoms. The summed E-state index contributed by atoms with van der Waals surface area (Å²) in [5.41, 5.74) is 0. The van der Waals surface area contributed by atoms with Crippen LogP contribution in [0.4, 0.5) is 0 Å². The number of hydrogen-bond acceptors (Lipinski definition) is 6. The number of nitrogens with zero attached hydrogens (tertiary/aromatic N) is 1. The largest absolute Gasteiger partial charge is 0.313 e. The lowest BCUT2D eigenvalue weighted by Gasteiger charge is -2.33. The van der Waals surface area contributed by atoms with Gasteiger partial charge in [-0.2, -0.15) is 16.1 Å². The zero-order valence-electron chi connectivity index (χ0n) is 10.9. The molecule has 0 aromatic heterocycles. The summed E-state index contributed by atoms with van der Waals surface area (Å²) < 4.78 is 49.5. The second kappa shape index (κ2) is 5.88. The van der Waals surface area contributed by atoms with Crippen LogP contribution in [0.5, 0.6) is 0 Å².